The molecule has 2 aliphatic heterocycles. The predicted molar refractivity (Wildman–Crippen MR) is 93.5 cm³/mol. The highest BCUT2D eigenvalue weighted by molar-refractivity contribution is 6.31. The van der Waals surface area contributed by atoms with Gasteiger partial charge in [-0.05, 0) is 36.5 Å². The summed E-state index contributed by atoms with van der Waals surface area (Å²) in [4.78, 5) is 28.4. The molecule has 0 aromatic heterocycles. The van der Waals surface area contributed by atoms with E-state index < -0.39 is 0 Å². The molecule has 1 aromatic rings. The Bertz CT molecular complexity index is 649. The third-order valence-electron chi connectivity index (χ3n) is 5.10. The van der Waals surface area contributed by atoms with Crippen LogP contribution in [0.15, 0.2) is 18.2 Å². The first-order valence-corrected chi connectivity index (χ1v) is 8.89. The number of hydrogen-bond acceptors (Lipinski definition) is 3. The summed E-state index contributed by atoms with van der Waals surface area (Å²) in [6, 6.07) is 5.81. The number of likely N-dealkylation sites (tertiary alicyclic amines) is 1. The van der Waals surface area contributed by atoms with Gasteiger partial charge in [0.15, 0.2) is 0 Å². The summed E-state index contributed by atoms with van der Waals surface area (Å²) in [7, 11) is 0. The monoisotopic (exact) mass is 349 g/mol. The zero-order valence-electron chi connectivity index (χ0n) is 14.0. The van der Waals surface area contributed by atoms with Gasteiger partial charge in [0.25, 0.3) is 0 Å². The Hall–Kier alpha value is -1.59. The molecule has 1 aromatic carbocycles. The highest BCUT2D eigenvalue weighted by Gasteiger charge is 2.32. The molecule has 1 saturated heterocycles. The molecule has 0 spiro atoms. The van der Waals surface area contributed by atoms with E-state index in [-0.39, 0.29) is 23.8 Å². The van der Waals surface area contributed by atoms with Crippen molar-refractivity contribution in [3.63, 3.8) is 0 Å². The first-order chi connectivity index (χ1) is 11.5. The molecule has 1 fully saturated rings. The zero-order valence-corrected chi connectivity index (χ0v) is 14.8. The average Bonchev–Trinajstić information content (AvgIpc) is 2.76. The number of amides is 2. The van der Waals surface area contributed by atoms with Crippen molar-refractivity contribution in [2.24, 2.45) is 11.7 Å². The Kier molecular flexibility index (Phi) is 5.11. The number of hydrogen-bond donors (Lipinski definition) is 1. The van der Waals surface area contributed by atoms with Crippen molar-refractivity contribution in [1.29, 1.82) is 0 Å². The van der Waals surface area contributed by atoms with Crippen molar-refractivity contribution in [1.82, 2.24) is 9.80 Å². The van der Waals surface area contributed by atoms with E-state index in [4.69, 9.17) is 17.3 Å². The van der Waals surface area contributed by atoms with E-state index in [1.54, 1.807) is 11.8 Å². The normalized spacial score (nSPS) is 24.3. The van der Waals surface area contributed by atoms with Gasteiger partial charge in [0.2, 0.25) is 11.8 Å². The molecule has 3 rings (SSSR count). The van der Waals surface area contributed by atoms with Crippen LogP contribution in [0.25, 0.3) is 0 Å². The Balaban J connectivity index is 1.73. The number of halogens is 1. The molecule has 0 unspecified atom stereocenters. The highest BCUT2D eigenvalue weighted by atomic mass is 35.5. The smallest absolute Gasteiger partial charge is 0.227 e. The lowest BCUT2D eigenvalue weighted by Gasteiger charge is -2.33. The van der Waals surface area contributed by atoms with Crippen LogP contribution >= 0.6 is 11.6 Å². The van der Waals surface area contributed by atoms with Crippen LogP contribution < -0.4 is 5.73 Å². The van der Waals surface area contributed by atoms with Crippen LogP contribution in [0.3, 0.4) is 0 Å². The Morgan fingerprint density at radius 2 is 2.00 bits per heavy atom. The van der Waals surface area contributed by atoms with Gasteiger partial charge in [-0.15, -0.1) is 0 Å². The summed E-state index contributed by atoms with van der Waals surface area (Å²) in [5, 5.41) is 0.780. The zero-order chi connectivity index (χ0) is 17.3. The summed E-state index contributed by atoms with van der Waals surface area (Å²) in [6.07, 6.45) is 2.29. The maximum atomic E-state index is 13.0. The maximum Gasteiger partial charge on any atom is 0.227 e. The van der Waals surface area contributed by atoms with Gasteiger partial charge < -0.3 is 15.5 Å². The average molecular weight is 350 g/mol. The number of nitrogens with two attached hydrogens (primary N) is 1. The lowest BCUT2D eigenvalue weighted by atomic mass is 9.96. The summed E-state index contributed by atoms with van der Waals surface area (Å²) in [5.74, 6) is -0.0509. The van der Waals surface area contributed by atoms with Crippen LogP contribution in [0.5, 0.6) is 0 Å². The summed E-state index contributed by atoms with van der Waals surface area (Å²) in [5.41, 5.74) is 8.32. The number of nitrogens with zero attached hydrogens (tertiary/aromatic N) is 2. The highest BCUT2D eigenvalue weighted by Crippen LogP contribution is 2.28. The van der Waals surface area contributed by atoms with E-state index in [1.165, 1.54) is 0 Å². The summed E-state index contributed by atoms with van der Waals surface area (Å²) < 4.78 is 0. The van der Waals surface area contributed by atoms with Gasteiger partial charge in [-0.1, -0.05) is 23.7 Å². The third kappa shape index (κ3) is 3.57. The van der Waals surface area contributed by atoms with Gasteiger partial charge in [0, 0.05) is 44.2 Å². The van der Waals surface area contributed by atoms with E-state index >= 15 is 0 Å². The lowest BCUT2D eigenvalue weighted by Crippen LogP contribution is -2.44. The number of fused-ring (bicyclic) bond motifs is 1. The van der Waals surface area contributed by atoms with Crippen LogP contribution in [-0.4, -0.2) is 47.3 Å². The Labute approximate surface area is 147 Å². The largest absolute Gasteiger partial charge is 0.341 e. The molecule has 2 N–H and O–H groups in total. The van der Waals surface area contributed by atoms with Crippen molar-refractivity contribution in [3.05, 3.63) is 34.3 Å². The third-order valence-corrected chi connectivity index (χ3v) is 5.45. The van der Waals surface area contributed by atoms with Gasteiger partial charge in [0.05, 0.1) is 5.92 Å². The van der Waals surface area contributed by atoms with Crippen LogP contribution in [0.2, 0.25) is 5.02 Å². The predicted octanol–water partition coefficient (Wildman–Crippen LogP) is 1.81. The molecule has 2 amide bonds. The van der Waals surface area contributed by atoms with E-state index in [0.717, 1.165) is 35.4 Å². The minimum absolute atomic E-state index is 0.0130. The summed E-state index contributed by atoms with van der Waals surface area (Å²) in [6.45, 7) is 3.83. The van der Waals surface area contributed by atoms with Crippen molar-refractivity contribution in [2.45, 2.75) is 38.8 Å². The molecule has 130 valence electrons. The minimum Gasteiger partial charge on any atom is -0.341 e. The molecule has 6 heteroatoms. The van der Waals surface area contributed by atoms with Crippen molar-refractivity contribution in [2.75, 3.05) is 19.6 Å². The number of benzene rings is 1. The van der Waals surface area contributed by atoms with Gasteiger partial charge in [-0.25, -0.2) is 0 Å². The lowest BCUT2D eigenvalue weighted by molar-refractivity contribution is -0.138. The second-order valence-corrected chi connectivity index (χ2v) is 7.25. The Morgan fingerprint density at radius 1 is 1.21 bits per heavy atom. The fraction of sp³-hybridized carbons (Fsp3) is 0.556. The first kappa shape index (κ1) is 17.2. The van der Waals surface area contributed by atoms with Crippen LogP contribution in [0.4, 0.5) is 0 Å². The number of rotatable bonds is 1. The van der Waals surface area contributed by atoms with Crippen molar-refractivity contribution < 1.29 is 9.59 Å². The standard InChI is InChI=1S/C18H24ClN3O2/c1-12(23)22-10-14(5-6-15(20)11-22)18(24)21-8-7-16-13(9-21)3-2-4-17(16)19/h2-4,14-15H,5-11,20H2,1H3/t14-,15+/m1/s1. The van der Waals surface area contributed by atoms with E-state index in [2.05, 4.69) is 0 Å². The topological polar surface area (TPSA) is 66.6 Å². The van der Waals surface area contributed by atoms with Crippen LogP contribution in [-0.2, 0) is 22.6 Å². The summed E-state index contributed by atoms with van der Waals surface area (Å²) >= 11 is 6.25. The van der Waals surface area contributed by atoms with Gasteiger partial charge >= 0.3 is 0 Å². The van der Waals surface area contributed by atoms with Crippen molar-refractivity contribution in [3.8, 4) is 0 Å². The van der Waals surface area contributed by atoms with Crippen LogP contribution in [0.1, 0.15) is 30.9 Å². The molecule has 2 aliphatic rings. The van der Waals surface area contributed by atoms with Crippen LogP contribution in [0, 0.1) is 5.92 Å². The Morgan fingerprint density at radius 3 is 2.75 bits per heavy atom. The van der Waals surface area contributed by atoms with Gasteiger partial charge in [-0.2, -0.15) is 0 Å². The molecule has 0 aliphatic carbocycles. The fourth-order valence-electron chi connectivity index (χ4n) is 3.69. The molecule has 2 heterocycles. The SMILES string of the molecule is CC(=O)N1C[C@@H](N)CC[C@@H](C(=O)N2CCc3c(Cl)cccc3C2)C1. The molecule has 5 nitrogen and oxygen atoms in total. The molecule has 2 atom stereocenters. The molecule has 0 radical (unpaired) electrons. The fourth-order valence-corrected chi connectivity index (χ4v) is 3.98. The molecular weight excluding hydrogens is 326 g/mol. The molecular formula is C18H24ClN3O2. The van der Waals surface area contributed by atoms with E-state index in [9.17, 15) is 9.59 Å². The maximum absolute atomic E-state index is 13.0. The second-order valence-electron chi connectivity index (χ2n) is 6.85. The van der Waals surface area contributed by atoms with E-state index in [1.807, 2.05) is 23.1 Å². The molecule has 0 saturated carbocycles. The first-order valence-electron chi connectivity index (χ1n) is 8.52. The van der Waals surface area contributed by atoms with Gasteiger partial charge in [0.1, 0.15) is 0 Å². The quantitative estimate of drug-likeness (QED) is 0.840. The number of carbonyl (C=O) groups excluding carboxylic acids is 2. The van der Waals surface area contributed by atoms with Gasteiger partial charge in [-0.3, -0.25) is 9.59 Å². The minimum atomic E-state index is -0.164. The number of carbonyl (C=O) groups is 2. The molecule has 0 bridgehead atoms. The second kappa shape index (κ2) is 7.11. The molecule has 24 heavy (non-hydrogen) atoms. The van der Waals surface area contributed by atoms with Crippen molar-refractivity contribution >= 4 is 23.4 Å². The van der Waals surface area contributed by atoms with E-state index in [0.29, 0.717) is 26.2 Å².